The standard InChI is InChI=1S/C34H43N5O8/c1-21(40)32-34(45)39(15-23-11-12-23)18-29(41)35-27(13-22-7-4-3-5-8-22)33(44)36-28-17-38(31(43)20-46-2)16-26(28)24-9-6-10-25(14-24)47-19-30(42)37-32/h3-10,14,21,23,26-28,32,40H,11-13,15-20H2,1-2H3,(H,35,41)(H,36,44)(H,37,42)/t21-,26-,27+,28+,32+/m1/s1. The fraction of sp³-hybridized carbons (Fsp3) is 0.500. The summed E-state index contributed by atoms with van der Waals surface area (Å²) in [4.78, 5) is 70.0. The van der Waals surface area contributed by atoms with Crippen molar-refractivity contribution in [2.45, 2.75) is 56.3 Å². The number of hydrogen-bond acceptors (Lipinski definition) is 8. The minimum absolute atomic E-state index is 0.109. The van der Waals surface area contributed by atoms with Crippen molar-refractivity contribution >= 4 is 29.5 Å². The molecule has 1 saturated carbocycles. The number of nitrogens with zero attached hydrogens (tertiary/aromatic N) is 2. The summed E-state index contributed by atoms with van der Waals surface area (Å²) in [5.41, 5.74) is 1.60. The molecule has 2 aliphatic heterocycles. The number of carbonyl (C=O) groups is 5. The number of ether oxygens (including phenoxy) is 2. The van der Waals surface area contributed by atoms with Crippen LogP contribution in [0.3, 0.4) is 0 Å². The third kappa shape index (κ3) is 9.07. The highest BCUT2D eigenvalue weighted by Gasteiger charge is 2.39. The molecule has 2 aromatic rings. The fourth-order valence-electron chi connectivity index (χ4n) is 6.09. The Morgan fingerprint density at radius 1 is 1.00 bits per heavy atom. The van der Waals surface area contributed by atoms with Gasteiger partial charge in [-0.3, -0.25) is 24.0 Å². The molecule has 2 aromatic carbocycles. The third-order valence-electron chi connectivity index (χ3n) is 8.75. The molecule has 3 aliphatic rings. The zero-order chi connectivity index (χ0) is 33.5. The number of amides is 5. The second-order valence-corrected chi connectivity index (χ2v) is 12.6. The minimum Gasteiger partial charge on any atom is -0.484 e. The van der Waals surface area contributed by atoms with E-state index in [1.165, 1.54) is 18.9 Å². The van der Waals surface area contributed by atoms with Crippen molar-refractivity contribution < 1.29 is 38.6 Å². The average molecular weight is 650 g/mol. The number of nitrogens with one attached hydrogen (secondary N) is 3. The fourth-order valence-corrected chi connectivity index (χ4v) is 6.09. The summed E-state index contributed by atoms with van der Waals surface area (Å²) in [6.45, 7) is 1.31. The molecule has 13 heteroatoms. The second kappa shape index (κ2) is 15.4. The maximum atomic E-state index is 14.0. The van der Waals surface area contributed by atoms with E-state index >= 15 is 0 Å². The predicted octanol–water partition coefficient (Wildman–Crippen LogP) is -0.0323. The predicted molar refractivity (Wildman–Crippen MR) is 170 cm³/mol. The van der Waals surface area contributed by atoms with Gasteiger partial charge in [-0.2, -0.15) is 0 Å². The number of rotatable bonds is 7. The number of aliphatic hydroxyl groups is 1. The smallest absolute Gasteiger partial charge is 0.258 e. The van der Waals surface area contributed by atoms with Gasteiger partial charge in [-0.15, -0.1) is 0 Å². The molecule has 0 unspecified atom stereocenters. The van der Waals surface area contributed by atoms with E-state index in [4.69, 9.17) is 9.47 Å². The molecule has 0 aromatic heterocycles. The van der Waals surface area contributed by atoms with E-state index in [0.717, 1.165) is 24.0 Å². The summed E-state index contributed by atoms with van der Waals surface area (Å²) in [6.07, 6.45) is 0.740. The largest absolute Gasteiger partial charge is 0.484 e. The number of likely N-dealkylation sites (tertiary alicyclic amines) is 1. The topological polar surface area (TPSA) is 167 Å². The molecule has 252 valence electrons. The molecule has 2 heterocycles. The lowest BCUT2D eigenvalue weighted by Crippen LogP contribution is -2.58. The van der Waals surface area contributed by atoms with Gasteiger partial charge in [0.2, 0.25) is 23.6 Å². The van der Waals surface area contributed by atoms with Crippen LogP contribution in [0.2, 0.25) is 0 Å². The van der Waals surface area contributed by atoms with E-state index in [2.05, 4.69) is 16.0 Å². The summed E-state index contributed by atoms with van der Waals surface area (Å²) in [7, 11) is 1.44. The first kappa shape index (κ1) is 33.9. The number of aliphatic hydroxyl groups excluding tert-OH is 1. The van der Waals surface area contributed by atoms with E-state index in [0.29, 0.717) is 12.3 Å². The highest BCUT2D eigenvalue weighted by atomic mass is 16.5. The van der Waals surface area contributed by atoms with Gasteiger partial charge in [0.05, 0.1) is 18.7 Å². The van der Waals surface area contributed by atoms with Gasteiger partial charge in [0.1, 0.15) is 24.4 Å². The van der Waals surface area contributed by atoms with Crippen molar-refractivity contribution in [2.75, 3.05) is 46.5 Å². The van der Waals surface area contributed by atoms with E-state index in [1.807, 2.05) is 36.4 Å². The van der Waals surface area contributed by atoms with Crippen LogP contribution in [-0.2, 0) is 35.1 Å². The second-order valence-electron chi connectivity index (χ2n) is 12.6. The highest BCUT2D eigenvalue weighted by molar-refractivity contribution is 5.93. The first-order chi connectivity index (χ1) is 22.6. The summed E-state index contributed by atoms with van der Waals surface area (Å²) < 4.78 is 10.9. The summed E-state index contributed by atoms with van der Waals surface area (Å²) >= 11 is 0. The number of carbonyl (C=O) groups excluding carboxylic acids is 5. The molecule has 0 radical (unpaired) electrons. The van der Waals surface area contributed by atoms with Crippen molar-refractivity contribution in [1.29, 1.82) is 0 Å². The Kier molecular flexibility index (Phi) is 11.1. The van der Waals surface area contributed by atoms with Gasteiger partial charge >= 0.3 is 0 Å². The van der Waals surface area contributed by atoms with E-state index in [9.17, 15) is 29.1 Å². The van der Waals surface area contributed by atoms with Crippen LogP contribution in [0, 0.1) is 5.92 Å². The van der Waals surface area contributed by atoms with Gasteiger partial charge in [0.15, 0.2) is 6.61 Å². The molecule has 5 atom stereocenters. The molecular weight excluding hydrogens is 606 g/mol. The maximum absolute atomic E-state index is 14.0. The molecule has 1 saturated heterocycles. The summed E-state index contributed by atoms with van der Waals surface area (Å²) in [5.74, 6) is -2.15. The number of benzene rings is 2. The lowest BCUT2D eigenvalue weighted by atomic mass is 9.93. The molecule has 2 bridgehead atoms. The molecule has 5 rings (SSSR count). The lowest BCUT2D eigenvalue weighted by Gasteiger charge is -2.30. The third-order valence-corrected chi connectivity index (χ3v) is 8.75. The quantitative estimate of drug-likeness (QED) is 0.325. The normalized spacial score (nSPS) is 25.0. The molecule has 4 N–H and O–H groups in total. The van der Waals surface area contributed by atoms with Crippen LogP contribution in [0.15, 0.2) is 54.6 Å². The molecule has 47 heavy (non-hydrogen) atoms. The van der Waals surface area contributed by atoms with Crippen molar-refractivity contribution in [1.82, 2.24) is 25.8 Å². The Labute approximate surface area is 273 Å². The first-order valence-corrected chi connectivity index (χ1v) is 16.0. The Hall–Kier alpha value is -4.49. The van der Waals surface area contributed by atoms with Crippen molar-refractivity contribution in [2.24, 2.45) is 5.92 Å². The van der Waals surface area contributed by atoms with Crippen LogP contribution < -0.4 is 20.7 Å². The molecule has 5 amide bonds. The first-order valence-electron chi connectivity index (χ1n) is 16.0. The lowest BCUT2D eigenvalue weighted by molar-refractivity contribution is -0.143. The molecular formula is C34H43N5O8. The van der Waals surface area contributed by atoms with Gasteiger partial charge in [0.25, 0.3) is 5.91 Å². The van der Waals surface area contributed by atoms with Gasteiger partial charge in [-0.1, -0.05) is 42.5 Å². The Morgan fingerprint density at radius 2 is 1.77 bits per heavy atom. The number of methoxy groups -OCH3 is 1. The monoisotopic (exact) mass is 649 g/mol. The molecule has 2 fully saturated rings. The van der Waals surface area contributed by atoms with Gasteiger partial charge < -0.3 is 40.3 Å². The zero-order valence-electron chi connectivity index (χ0n) is 26.7. The summed E-state index contributed by atoms with van der Waals surface area (Å²) in [6, 6.07) is 13.5. The molecule has 13 nitrogen and oxygen atoms in total. The van der Waals surface area contributed by atoms with E-state index < -0.39 is 54.5 Å². The highest BCUT2D eigenvalue weighted by Crippen LogP contribution is 2.31. The SMILES string of the molecule is COCC(=O)N1C[C@@H]2NC(=O)[C@H](Cc3ccccc3)NC(=O)CN(CC3CC3)C(=O)[C@H]([C@@H](C)O)NC(=O)COc3cccc(c3)[C@H]2C1. The minimum atomic E-state index is -1.30. The zero-order valence-corrected chi connectivity index (χ0v) is 26.7. The van der Waals surface area contributed by atoms with Crippen LogP contribution >= 0.6 is 0 Å². The van der Waals surface area contributed by atoms with Gasteiger partial charge in [-0.05, 0) is 48.9 Å². The van der Waals surface area contributed by atoms with Crippen LogP contribution in [0.4, 0.5) is 0 Å². The number of hydrogen-bond donors (Lipinski definition) is 4. The Morgan fingerprint density at radius 3 is 2.47 bits per heavy atom. The average Bonchev–Trinajstić information content (AvgIpc) is 3.77. The van der Waals surface area contributed by atoms with Crippen LogP contribution in [-0.4, -0.2) is 115 Å². The number of fused-ring (bicyclic) bond motifs is 4. The maximum Gasteiger partial charge on any atom is 0.258 e. The van der Waals surface area contributed by atoms with Gasteiger partial charge in [-0.25, -0.2) is 0 Å². The van der Waals surface area contributed by atoms with Crippen LogP contribution in [0.1, 0.15) is 36.8 Å². The van der Waals surface area contributed by atoms with Gasteiger partial charge in [0, 0.05) is 39.1 Å². The van der Waals surface area contributed by atoms with Crippen molar-refractivity contribution in [3.05, 3.63) is 65.7 Å². The van der Waals surface area contributed by atoms with E-state index in [-0.39, 0.29) is 50.4 Å². The molecule has 0 spiro atoms. The Bertz CT molecular complexity index is 1450. The summed E-state index contributed by atoms with van der Waals surface area (Å²) in [5, 5.41) is 19.0. The Balaban J connectivity index is 1.49. The van der Waals surface area contributed by atoms with Crippen molar-refractivity contribution in [3.63, 3.8) is 0 Å². The van der Waals surface area contributed by atoms with E-state index in [1.54, 1.807) is 23.1 Å². The van der Waals surface area contributed by atoms with Crippen LogP contribution in [0.5, 0.6) is 5.75 Å². The van der Waals surface area contributed by atoms with Crippen LogP contribution in [0.25, 0.3) is 0 Å². The molecule has 1 aliphatic carbocycles. The van der Waals surface area contributed by atoms with Crippen molar-refractivity contribution in [3.8, 4) is 5.75 Å².